The van der Waals surface area contributed by atoms with Gasteiger partial charge < -0.3 is 15.0 Å². The van der Waals surface area contributed by atoms with Gasteiger partial charge in [0, 0.05) is 30.6 Å². The molecular formula is C19H22N4O2. The molecule has 0 unspecified atom stereocenters. The van der Waals surface area contributed by atoms with Crippen LogP contribution in [0.25, 0.3) is 16.7 Å². The van der Waals surface area contributed by atoms with E-state index in [9.17, 15) is 4.79 Å². The van der Waals surface area contributed by atoms with Crippen LogP contribution in [0.5, 0.6) is 0 Å². The zero-order valence-corrected chi connectivity index (χ0v) is 14.3. The van der Waals surface area contributed by atoms with E-state index in [-0.39, 0.29) is 11.7 Å². The Labute approximate surface area is 145 Å². The highest BCUT2D eigenvalue weighted by Gasteiger charge is 2.16. The number of ether oxygens (including phenoxy) is 1. The molecule has 2 N–H and O–H groups in total. The highest BCUT2D eigenvalue weighted by Crippen LogP contribution is 2.19. The minimum absolute atomic E-state index is 0.0792. The molecule has 2 aromatic heterocycles. The van der Waals surface area contributed by atoms with Crippen molar-refractivity contribution in [2.24, 2.45) is 0 Å². The highest BCUT2D eigenvalue weighted by atomic mass is 16.5. The summed E-state index contributed by atoms with van der Waals surface area (Å²) >= 11 is 0. The number of aryl methyl sites for hydroxylation is 1. The standard InChI is InChI=1S/C19H22N4O2/c1-13-17-10-14(11-20-12-16-8-5-9-25-16)19(24)21-18(17)23(22-13)15-6-3-2-4-7-15/h2-4,6-7,10,16,20H,5,8-9,11-12H2,1H3,(H,21,24)/t16-/m1/s1. The number of benzene rings is 1. The number of aromatic amines is 1. The summed E-state index contributed by atoms with van der Waals surface area (Å²) in [6, 6.07) is 11.8. The van der Waals surface area contributed by atoms with Crippen LogP contribution in [-0.4, -0.2) is 34.0 Å². The van der Waals surface area contributed by atoms with Crippen LogP contribution < -0.4 is 10.9 Å². The van der Waals surface area contributed by atoms with Gasteiger partial charge in [0.2, 0.25) is 0 Å². The summed E-state index contributed by atoms with van der Waals surface area (Å²) in [5.41, 5.74) is 3.21. The summed E-state index contributed by atoms with van der Waals surface area (Å²) in [5, 5.41) is 8.90. The molecule has 6 heteroatoms. The second kappa shape index (κ2) is 6.82. The minimum atomic E-state index is -0.0792. The number of pyridine rings is 1. The fourth-order valence-electron chi connectivity index (χ4n) is 3.32. The van der Waals surface area contributed by atoms with Crippen LogP contribution in [0.1, 0.15) is 24.1 Å². The monoisotopic (exact) mass is 338 g/mol. The summed E-state index contributed by atoms with van der Waals surface area (Å²) in [6.07, 6.45) is 2.48. The van der Waals surface area contributed by atoms with Crippen molar-refractivity contribution in [2.45, 2.75) is 32.4 Å². The van der Waals surface area contributed by atoms with E-state index in [1.807, 2.05) is 43.3 Å². The molecule has 0 aliphatic carbocycles. The lowest BCUT2D eigenvalue weighted by atomic mass is 10.2. The molecule has 1 fully saturated rings. The normalized spacial score (nSPS) is 17.4. The molecule has 4 rings (SSSR count). The Morgan fingerprint density at radius 3 is 2.96 bits per heavy atom. The van der Waals surface area contributed by atoms with Crippen LogP contribution >= 0.6 is 0 Å². The van der Waals surface area contributed by atoms with Crippen molar-refractivity contribution in [3.63, 3.8) is 0 Å². The Morgan fingerprint density at radius 2 is 2.20 bits per heavy atom. The fraction of sp³-hybridized carbons (Fsp3) is 0.368. The van der Waals surface area contributed by atoms with Crippen LogP contribution in [0.4, 0.5) is 0 Å². The van der Waals surface area contributed by atoms with Gasteiger partial charge in [0.15, 0.2) is 0 Å². The minimum Gasteiger partial charge on any atom is -0.377 e. The van der Waals surface area contributed by atoms with E-state index in [1.54, 1.807) is 4.68 Å². The van der Waals surface area contributed by atoms with Crippen molar-refractivity contribution in [2.75, 3.05) is 13.2 Å². The Hall–Kier alpha value is -2.44. The largest absolute Gasteiger partial charge is 0.377 e. The number of para-hydroxylation sites is 1. The van der Waals surface area contributed by atoms with Gasteiger partial charge in [-0.2, -0.15) is 5.10 Å². The van der Waals surface area contributed by atoms with E-state index in [2.05, 4.69) is 15.4 Å². The third-order valence-electron chi connectivity index (χ3n) is 4.66. The second-order valence-corrected chi connectivity index (χ2v) is 6.48. The maximum absolute atomic E-state index is 12.5. The average molecular weight is 338 g/mol. The number of nitrogens with zero attached hydrogens (tertiary/aromatic N) is 2. The summed E-state index contributed by atoms with van der Waals surface area (Å²) in [4.78, 5) is 15.5. The van der Waals surface area contributed by atoms with Gasteiger partial charge in [-0.3, -0.25) is 4.79 Å². The summed E-state index contributed by atoms with van der Waals surface area (Å²) < 4.78 is 7.39. The summed E-state index contributed by atoms with van der Waals surface area (Å²) in [5.74, 6) is 0. The molecule has 1 aromatic carbocycles. The Kier molecular flexibility index (Phi) is 4.38. The van der Waals surface area contributed by atoms with E-state index < -0.39 is 0 Å². The van der Waals surface area contributed by atoms with Crippen molar-refractivity contribution >= 4 is 11.0 Å². The van der Waals surface area contributed by atoms with E-state index >= 15 is 0 Å². The first kappa shape index (κ1) is 16.1. The molecule has 3 aromatic rings. The molecule has 1 aliphatic heterocycles. The molecule has 1 saturated heterocycles. The predicted molar refractivity (Wildman–Crippen MR) is 97.1 cm³/mol. The van der Waals surface area contributed by atoms with Crippen LogP contribution in [0, 0.1) is 6.92 Å². The van der Waals surface area contributed by atoms with E-state index in [4.69, 9.17) is 4.74 Å². The third-order valence-corrected chi connectivity index (χ3v) is 4.66. The van der Waals surface area contributed by atoms with Gasteiger partial charge in [0.1, 0.15) is 5.65 Å². The number of nitrogens with one attached hydrogen (secondary N) is 2. The van der Waals surface area contributed by atoms with Gasteiger partial charge in [-0.05, 0) is 38.0 Å². The van der Waals surface area contributed by atoms with Gasteiger partial charge in [0.25, 0.3) is 5.56 Å². The van der Waals surface area contributed by atoms with E-state index in [0.717, 1.165) is 54.0 Å². The van der Waals surface area contributed by atoms with Crippen molar-refractivity contribution in [1.82, 2.24) is 20.1 Å². The quantitative estimate of drug-likeness (QED) is 0.749. The van der Waals surface area contributed by atoms with Gasteiger partial charge in [-0.15, -0.1) is 0 Å². The molecule has 0 amide bonds. The topological polar surface area (TPSA) is 71.9 Å². The van der Waals surface area contributed by atoms with Gasteiger partial charge >= 0.3 is 0 Å². The van der Waals surface area contributed by atoms with Crippen LogP contribution in [0.3, 0.4) is 0 Å². The average Bonchev–Trinajstić information content (AvgIpc) is 3.25. The molecule has 130 valence electrons. The lowest BCUT2D eigenvalue weighted by Crippen LogP contribution is -2.28. The number of hydrogen-bond acceptors (Lipinski definition) is 4. The molecule has 0 bridgehead atoms. The van der Waals surface area contributed by atoms with E-state index in [1.165, 1.54) is 0 Å². The number of H-pyrrole nitrogens is 1. The van der Waals surface area contributed by atoms with Crippen LogP contribution in [-0.2, 0) is 11.3 Å². The zero-order valence-electron chi connectivity index (χ0n) is 14.3. The molecule has 1 atom stereocenters. The number of hydrogen-bond donors (Lipinski definition) is 2. The zero-order chi connectivity index (χ0) is 17.2. The van der Waals surface area contributed by atoms with Gasteiger partial charge in [-0.1, -0.05) is 18.2 Å². The Morgan fingerprint density at radius 1 is 1.36 bits per heavy atom. The van der Waals surface area contributed by atoms with Gasteiger partial charge in [0.05, 0.1) is 17.5 Å². The maximum atomic E-state index is 12.5. The maximum Gasteiger partial charge on any atom is 0.254 e. The molecule has 1 aliphatic rings. The van der Waals surface area contributed by atoms with E-state index in [0.29, 0.717) is 6.54 Å². The number of aromatic nitrogens is 3. The van der Waals surface area contributed by atoms with Crippen molar-refractivity contribution in [3.05, 3.63) is 58.0 Å². The molecular weight excluding hydrogens is 316 g/mol. The Bertz CT molecular complexity index is 924. The highest BCUT2D eigenvalue weighted by molar-refractivity contribution is 5.80. The Balaban J connectivity index is 1.61. The lowest BCUT2D eigenvalue weighted by molar-refractivity contribution is 0.110. The third kappa shape index (κ3) is 3.23. The van der Waals surface area contributed by atoms with Crippen molar-refractivity contribution < 1.29 is 4.74 Å². The smallest absolute Gasteiger partial charge is 0.254 e. The van der Waals surface area contributed by atoms with Crippen molar-refractivity contribution in [3.8, 4) is 5.69 Å². The number of rotatable bonds is 5. The first-order valence-electron chi connectivity index (χ1n) is 8.71. The molecule has 0 saturated carbocycles. The van der Waals surface area contributed by atoms with Crippen LogP contribution in [0.15, 0.2) is 41.2 Å². The molecule has 6 nitrogen and oxygen atoms in total. The SMILES string of the molecule is Cc1nn(-c2ccccc2)c2[nH]c(=O)c(CNC[C@H]3CCCO3)cc12. The predicted octanol–water partition coefficient (Wildman–Crippen LogP) is 2.29. The van der Waals surface area contributed by atoms with Crippen molar-refractivity contribution in [1.29, 1.82) is 0 Å². The number of fused-ring (bicyclic) bond motifs is 1. The first-order valence-corrected chi connectivity index (χ1v) is 8.71. The summed E-state index contributed by atoms with van der Waals surface area (Å²) in [6.45, 7) is 4.11. The lowest BCUT2D eigenvalue weighted by Gasteiger charge is -2.10. The molecule has 25 heavy (non-hydrogen) atoms. The summed E-state index contributed by atoms with van der Waals surface area (Å²) in [7, 11) is 0. The second-order valence-electron chi connectivity index (χ2n) is 6.48. The van der Waals surface area contributed by atoms with Gasteiger partial charge in [-0.25, -0.2) is 4.68 Å². The van der Waals surface area contributed by atoms with Crippen LogP contribution in [0.2, 0.25) is 0 Å². The molecule has 0 spiro atoms. The fourth-order valence-corrected chi connectivity index (χ4v) is 3.32. The molecule has 3 heterocycles. The molecule has 0 radical (unpaired) electrons. The first-order chi connectivity index (χ1) is 12.2.